The standard InChI is InChI=1S/C8H12F3N3O/c9-8(10,11)15-6-3-12-1-4-14-5-2-13-7-14/h2,5,7,12H,1,3-4,6H2. The zero-order chi connectivity index (χ0) is 11.1. The molecule has 0 radical (unpaired) electrons. The third-order valence-electron chi connectivity index (χ3n) is 1.65. The summed E-state index contributed by atoms with van der Waals surface area (Å²) >= 11 is 0. The number of alkyl halides is 3. The fourth-order valence-corrected chi connectivity index (χ4v) is 0.991. The molecule has 1 aromatic heterocycles. The summed E-state index contributed by atoms with van der Waals surface area (Å²) in [6, 6.07) is 0. The van der Waals surface area contributed by atoms with E-state index in [1.165, 1.54) is 0 Å². The zero-order valence-electron chi connectivity index (χ0n) is 8.00. The van der Waals surface area contributed by atoms with Crippen LogP contribution in [-0.4, -0.2) is 35.6 Å². The van der Waals surface area contributed by atoms with E-state index in [2.05, 4.69) is 15.0 Å². The minimum Gasteiger partial charge on any atom is -0.336 e. The monoisotopic (exact) mass is 223 g/mol. The van der Waals surface area contributed by atoms with Gasteiger partial charge in [-0.2, -0.15) is 0 Å². The number of nitrogens with one attached hydrogen (secondary N) is 1. The van der Waals surface area contributed by atoms with Gasteiger partial charge in [0.05, 0.1) is 12.9 Å². The van der Waals surface area contributed by atoms with Crippen molar-refractivity contribution in [1.82, 2.24) is 14.9 Å². The Morgan fingerprint density at radius 1 is 1.33 bits per heavy atom. The van der Waals surface area contributed by atoms with Crippen LogP contribution in [-0.2, 0) is 11.3 Å². The molecule has 0 aromatic carbocycles. The molecule has 1 aromatic rings. The van der Waals surface area contributed by atoms with E-state index >= 15 is 0 Å². The van der Waals surface area contributed by atoms with E-state index in [1.807, 2.05) is 4.57 Å². The lowest BCUT2D eigenvalue weighted by Crippen LogP contribution is -2.26. The van der Waals surface area contributed by atoms with Crippen LogP contribution in [0.2, 0.25) is 0 Å². The van der Waals surface area contributed by atoms with Gasteiger partial charge in [0.2, 0.25) is 0 Å². The van der Waals surface area contributed by atoms with E-state index in [-0.39, 0.29) is 13.2 Å². The summed E-state index contributed by atoms with van der Waals surface area (Å²) in [5.41, 5.74) is 0. The first-order valence-corrected chi connectivity index (χ1v) is 4.45. The minimum atomic E-state index is -4.54. The Kier molecular flexibility index (Phi) is 4.57. The van der Waals surface area contributed by atoms with Crippen molar-refractivity contribution in [3.63, 3.8) is 0 Å². The molecule has 1 heterocycles. The molecular formula is C8H12F3N3O. The fraction of sp³-hybridized carbons (Fsp3) is 0.625. The van der Waals surface area contributed by atoms with Crippen LogP contribution in [0, 0.1) is 0 Å². The Bertz CT molecular complexity index is 261. The molecule has 7 heteroatoms. The smallest absolute Gasteiger partial charge is 0.336 e. The van der Waals surface area contributed by atoms with Crippen molar-refractivity contribution in [2.24, 2.45) is 0 Å². The van der Waals surface area contributed by atoms with Gasteiger partial charge in [-0.3, -0.25) is 4.74 Å². The first-order chi connectivity index (χ1) is 7.08. The average molecular weight is 223 g/mol. The predicted octanol–water partition coefficient (Wildman–Crippen LogP) is 1.01. The molecule has 86 valence electrons. The maximum absolute atomic E-state index is 11.5. The molecule has 0 spiro atoms. The van der Waals surface area contributed by atoms with Gasteiger partial charge in [0.1, 0.15) is 0 Å². The molecule has 0 bridgehead atoms. The van der Waals surface area contributed by atoms with Crippen LogP contribution in [0.3, 0.4) is 0 Å². The number of halogens is 3. The van der Waals surface area contributed by atoms with E-state index in [0.717, 1.165) is 0 Å². The Balaban J connectivity index is 1.94. The van der Waals surface area contributed by atoms with Crippen LogP contribution in [0.25, 0.3) is 0 Å². The van der Waals surface area contributed by atoms with Crippen LogP contribution >= 0.6 is 0 Å². The highest BCUT2D eigenvalue weighted by atomic mass is 19.4. The lowest BCUT2D eigenvalue weighted by molar-refractivity contribution is -0.323. The average Bonchev–Trinajstić information content (AvgIpc) is 2.61. The van der Waals surface area contributed by atoms with Crippen molar-refractivity contribution in [2.45, 2.75) is 12.9 Å². The van der Waals surface area contributed by atoms with Crippen LogP contribution < -0.4 is 5.32 Å². The zero-order valence-corrected chi connectivity index (χ0v) is 8.00. The van der Waals surface area contributed by atoms with Crippen LogP contribution in [0.15, 0.2) is 18.7 Å². The van der Waals surface area contributed by atoms with Gasteiger partial charge in [0, 0.05) is 32.0 Å². The van der Waals surface area contributed by atoms with Gasteiger partial charge in [0.25, 0.3) is 0 Å². The Morgan fingerprint density at radius 2 is 2.13 bits per heavy atom. The van der Waals surface area contributed by atoms with E-state index in [0.29, 0.717) is 13.1 Å². The van der Waals surface area contributed by atoms with Crippen LogP contribution in [0.1, 0.15) is 0 Å². The highest BCUT2D eigenvalue weighted by Gasteiger charge is 2.28. The lowest BCUT2D eigenvalue weighted by Gasteiger charge is -2.08. The van der Waals surface area contributed by atoms with Gasteiger partial charge in [-0.05, 0) is 0 Å². The first kappa shape index (κ1) is 12.0. The molecule has 1 rings (SSSR count). The van der Waals surface area contributed by atoms with Gasteiger partial charge in [-0.25, -0.2) is 4.98 Å². The normalized spacial score (nSPS) is 11.9. The van der Waals surface area contributed by atoms with Crippen molar-refractivity contribution in [3.05, 3.63) is 18.7 Å². The van der Waals surface area contributed by atoms with E-state index in [9.17, 15) is 13.2 Å². The Labute approximate surface area is 85.1 Å². The largest absolute Gasteiger partial charge is 0.522 e. The maximum atomic E-state index is 11.5. The second-order valence-electron chi connectivity index (χ2n) is 2.84. The molecule has 0 atom stereocenters. The highest BCUT2D eigenvalue weighted by Crippen LogP contribution is 2.14. The molecule has 0 aliphatic carbocycles. The number of nitrogens with zero attached hydrogens (tertiary/aromatic N) is 2. The fourth-order valence-electron chi connectivity index (χ4n) is 0.991. The van der Waals surface area contributed by atoms with E-state index in [4.69, 9.17) is 0 Å². The summed E-state index contributed by atoms with van der Waals surface area (Å²) in [7, 11) is 0. The van der Waals surface area contributed by atoms with Crippen LogP contribution in [0.4, 0.5) is 13.2 Å². The summed E-state index contributed by atoms with van der Waals surface area (Å²) in [6.07, 6.45) is 0.542. The van der Waals surface area contributed by atoms with Gasteiger partial charge in [0.15, 0.2) is 0 Å². The summed E-state index contributed by atoms with van der Waals surface area (Å²) in [5.74, 6) is 0. The maximum Gasteiger partial charge on any atom is 0.522 e. The molecule has 0 saturated heterocycles. The summed E-state index contributed by atoms with van der Waals surface area (Å²) < 4.78 is 40.0. The van der Waals surface area contributed by atoms with Crippen molar-refractivity contribution in [2.75, 3.05) is 19.7 Å². The molecule has 0 aliphatic rings. The second kappa shape index (κ2) is 5.72. The van der Waals surface area contributed by atoms with Crippen LogP contribution in [0.5, 0.6) is 0 Å². The number of aromatic nitrogens is 2. The summed E-state index contributed by atoms with van der Waals surface area (Å²) in [6.45, 7) is 1.06. The topological polar surface area (TPSA) is 39.1 Å². The van der Waals surface area contributed by atoms with Crippen molar-refractivity contribution in [3.8, 4) is 0 Å². The van der Waals surface area contributed by atoms with Gasteiger partial charge >= 0.3 is 6.36 Å². The van der Waals surface area contributed by atoms with Crippen molar-refractivity contribution >= 4 is 0 Å². The number of rotatable bonds is 6. The molecule has 15 heavy (non-hydrogen) atoms. The van der Waals surface area contributed by atoms with Gasteiger partial charge in [-0.15, -0.1) is 13.2 Å². The predicted molar refractivity (Wildman–Crippen MR) is 47.1 cm³/mol. The summed E-state index contributed by atoms with van der Waals surface area (Å²) in [5, 5.41) is 2.82. The van der Waals surface area contributed by atoms with E-state index < -0.39 is 6.36 Å². The van der Waals surface area contributed by atoms with Crippen molar-refractivity contribution < 1.29 is 17.9 Å². The number of hydrogen-bond acceptors (Lipinski definition) is 3. The molecule has 0 saturated carbocycles. The molecule has 1 N–H and O–H groups in total. The number of ether oxygens (including phenoxy) is 1. The number of imidazole rings is 1. The molecule has 0 fully saturated rings. The molecule has 0 unspecified atom stereocenters. The third-order valence-corrected chi connectivity index (χ3v) is 1.65. The quantitative estimate of drug-likeness (QED) is 0.731. The van der Waals surface area contributed by atoms with Crippen molar-refractivity contribution in [1.29, 1.82) is 0 Å². The SMILES string of the molecule is FC(F)(F)OCCNCCn1ccnc1. The second-order valence-corrected chi connectivity index (χ2v) is 2.84. The Morgan fingerprint density at radius 3 is 2.73 bits per heavy atom. The lowest BCUT2D eigenvalue weighted by atomic mass is 10.5. The Hall–Kier alpha value is -1.08. The third kappa shape index (κ3) is 6.08. The molecule has 0 aliphatic heterocycles. The van der Waals surface area contributed by atoms with E-state index in [1.54, 1.807) is 18.7 Å². The van der Waals surface area contributed by atoms with Gasteiger partial charge < -0.3 is 9.88 Å². The van der Waals surface area contributed by atoms with Gasteiger partial charge in [-0.1, -0.05) is 0 Å². The first-order valence-electron chi connectivity index (χ1n) is 4.45. The highest BCUT2D eigenvalue weighted by molar-refractivity contribution is 4.73. The minimum absolute atomic E-state index is 0.175. The molecule has 4 nitrogen and oxygen atoms in total. The number of hydrogen-bond donors (Lipinski definition) is 1. The molecular weight excluding hydrogens is 211 g/mol. The summed E-state index contributed by atoms with van der Waals surface area (Å²) in [4.78, 5) is 3.83. The molecule has 0 amide bonds.